The highest BCUT2D eigenvalue weighted by molar-refractivity contribution is 5.58. The van der Waals surface area contributed by atoms with E-state index in [9.17, 15) is 0 Å². The molecule has 0 atom stereocenters. The third-order valence-corrected chi connectivity index (χ3v) is 2.92. The Kier molecular flexibility index (Phi) is 3.07. The van der Waals surface area contributed by atoms with Crippen LogP contribution < -0.4 is 4.74 Å². The second-order valence-corrected chi connectivity index (χ2v) is 4.42. The maximum atomic E-state index is 5.78. The van der Waals surface area contributed by atoms with Gasteiger partial charge in [-0.2, -0.15) is 0 Å². The Labute approximate surface area is 112 Å². The summed E-state index contributed by atoms with van der Waals surface area (Å²) in [6.45, 7) is 2.06. The highest BCUT2D eigenvalue weighted by Gasteiger charge is 2.01. The third kappa shape index (κ3) is 2.68. The Morgan fingerprint density at radius 1 is 0.789 bits per heavy atom. The van der Waals surface area contributed by atoms with Gasteiger partial charge in [0.2, 0.25) is 0 Å². The van der Waals surface area contributed by atoms with E-state index in [2.05, 4.69) is 6.92 Å². The first-order valence-electron chi connectivity index (χ1n) is 6.20. The summed E-state index contributed by atoms with van der Waals surface area (Å²) < 4.78 is 11.1. The second-order valence-electron chi connectivity index (χ2n) is 4.42. The molecule has 3 aromatic rings. The van der Waals surface area contributed by atoms with Gasteiger partial charge in [0.1, 0.15) is 17.3 Å². The van der Waals surface area contributed by atoms with Crippen molar-refractivity contribution in [2.45, 2.75) is 6.92 Å². The molecule has 0 saturated heterocycles. The smallest absolute Gasteiger partial charge is 0.133 e. The molecule has 2 heteroatoms. The molecule has 0 N–H and O–H groups in total. The van der Waals surface area contributed by atoms with E-state index < -0.39 is 0 Å². The summed E-state index contributed by atoms with van der Waals surface area (Å²) in [5, 5.41) is 0. The van der Waals surface area contributed by atoms with E-state index in [0.29, 0.717) is 0 Å². The van der Waals surface area contributed by atoms with Gasteiger partial charge in [0.05, 0.1) is 6.26 Å². The van der Waals surface area contributed by atoms with E-state index in [1.54, 1.807) is 6.26 Å². The average molecular weight is 250 g/mol. The summed E-state index contributed by atoms with van der Waals surface area (Å²) in [7, 11) is 0. The van der Waals surface area contributed by atoms with Crippen molar-refractivity contribution < 1.29 is 9.15 Å². The summed E-state index contributed by atoms with van der Waals surface area (Å²) in [5.74, 6) is 2.53. The van der Waals surface area contributed by atoms with Crippen LogP contribution in [0.1, 0.15) is 5.56 Å². The lowest BCUT2D eigenvalue weighted by molar-refractivity contribution is 0.482. The van der Waals surface area contributed by atoms with Gasteiger partial charge in [0.15, 0.2) is 0 Å². The molecule has 1 aromatic heterocycles. The Morgan fingerprint density at radius 3 is 2.00 bits per heavy atom. The van der Waals surface area contributed by atoms with Gasteiger partial charge < -0.3 is 9.15 Å². The summed E-state index contributed by atoms with van der Waals surface area (Å²) in [4.78, 5) is 0. The van der Waals surface area contributed by atoms with Crippen LogP contribution >= 0.6 is 0 Å². The van der Waals surface area contributed by atoms with Crippen LogP contribution in [0.25, 0.3) is 11.3 Å². The van der Waals surface area contributed by atoms with Gasteiger partial charge in [-0.3, -0.25) is 0 Å². The molecular formula is C17H14O2. The molecule has 0 unspecified atom stereocenters. The van der Waals surface area contributed by atoms with Gasteiger partial charge in [-0.25, -0.2) is 0 Å². The van der Waals surface area contributed by atoms with Crippen molar-refractivity contribution in [3.05, 3.63) is 72.5 Å². The predicted molar refractivity (Wildman–Crippen MR) is 75.4 cm³/mol. The molecule has 2 aromatic carbocycles. The lowest BCUT2D eigenvalue weighted by atomic mass is 10.2. The fraction of sp³-hybridized carbons (Fsp3) is 0.0588. The van der Waals surface area contributed by atoms with Crippen LogP contribution in [0.15, 0.2) is 71.3 Å². The van der Waals surface area contributed by atoms with Crippen molar-refractivity contribution in [1.29, 1.82) is 0 Å². The zero-order valence-corrected chi connectivity index (χ0v) is 10.7. The summed E-state index contributed by atoms with van der Waals surface area (Å²) in [6, 6.07) is 19.7. The maximum absolute atomic E-state index is 5.78. The number of hydrogen-bond acceptors (Lipinski definition) is 2. The molecule has 0 spiro atoms. The minimum absolute atomic E-state index is 0.819. The normalized spacial score (nSPS) is 10.4. The fourth-order valence-corrected chi connectivity index (χ4v) is 1.87. The van der Waals surface area contributed by atoms with Crippen molar-refractivity contribution in [2.75, 3.05) is 0 Å². The maximum Gasteiger partial charge on any atom is 0.133 e. The topological polar surface area (TPSA) is 22.4 Å². The van der Waals surface area contributed by atoms with E-state index in [0.717, 1.165) is 22.8 Å². The van der Waals surface area contributed by atoms with Gasteiger partial charge in [0.25, 0.3) is 0 Å². The molecule has 2 nitrogen and oxygen atoms in total. The van der Waals surface area contributed by atoms with Crippen LogP contribution in [0.5, 0.6) is 11.5 Å². The third-order valence-electron chi connectivity index (χ3n) is 2.92. The predicted octanol–water partition coefficient (Wildman–Crippen LogP) is 5.05. The van der Waals surface area contributed by atoms with Gasteiger partial charge >= 0.3 is 0 Å². The molecule has 1 heterocycles. The highest BCUT2D eigenvalue weighted by Crippen LogP contribution is 2.26. The number of benzene rings is 2. The van der Waals surface area contributed by atoms with Crippen LogP contribution in [-0.2, 0) is 0 Å². The Bertz CT molecular complexity index is 635. The van der Waals surface area contributed by atoms with Crippen LogP contribution in [0.3, 0.4) is 0 Å². The quantitative estimate of drug-likeness (QED) is 0.649. The van der Waals surface area contributed by atoms with E-state index in [1.807, 2.05) is 60.7 Å². The van der Waals surface area contributed by atoms with Crippen LogP contribution in [0, 0.1) is 6.92 Å². The fourth-order valence-electron chi connectivity index (χ4n) is 1.87. The van der Waals surface area contributed by atoms with Crippen LogP contribution in [0.2, 0.25) is 0 Å². The molecular weight excluding hydrogens is 236 g/mol. The second kappa shape index (κ2) is 5.02. The first-order chi connectivity index (χ1) is 9.31. The first kappa shape index (κ1) is 11.6. The zero-order chi connectivity index (χ0) is 13.1. The van der Waals surface area contributed by atoms with Gasteiger partial charge in [-0.1, -0.05) is 17.7 Å². The standard InChI is InChI=1S/C17H14O2/c1-13-4-8-15(9-5-13)19-16-10-6-14(7-11-16)17-3-2-12-18-17/h2-12H,1H3. The number of furan rings is 1. The largest absolute Gasteiger partial charge is 0.464 e. The Morgan fingerprint density at radius 2 is 1.42 bits per heavy atom. The summed E-state index contributed by atoms with van der Waals surface area (Å²) in [6.07, 6.45) is 1.67. The molecule has 0 fully saturated rings. The molecule has 94 valence electrons. The SMILES string of the molecule is Cc1ccc(Oc2ccc(-c3ccco3)cc2)cc1. The molecule has 0 bridgehead atoms. The van der Waals surface area contributed by atoms with Crippen molar-refractivity contribution >= 4 is 0 Å². The molecule has 3 rings (SSSR count). The molecule has 0 aliphatic rings. The molecule has 0 aliphatic carbocycles. The number of aryl methyl sites for hydroxylation is 1. The molecule has 0 aliphatic heterocycles. The van der Waals surface area contributed by atoms with Crippen LogP contribution in [-0.4, -0.2) is 0 Å². The van der Waals surface area contributed by atoms with Gasteiger partial charge in [-0.15, -0.1) is 0 Å². The number of rotatable bonds is 3. The van der Waals surface area contributed by atoms with Crippen LogP contribution in [0.4, 0.5) is 0 Å². The van der Waals surface area contributed by atoms with Crippen molar-refractivity contribution in [2.24, 2.45) is 0 Å². The monoisotopic (exact) mass is 250 g/mol. The van der Waals surface area contributed by atoms with Crippen molar-refractivity contribution in [3.8, 4) is 22.8 Å². The number of ether oxygens (including phenoxy) is 1. The van der Waals surface area contributed by atoms with E-state index in [1.165, 1.54) is 5.56 Å². The molecule has 0 saturated carbocycles. The van der Waals surface area contributed by atoms with E-state index in [4.69, 9.17) is 9.15 Å². The van der Waals surface area contributed by atoms with Gasteiger partial charge in [0, 0.05) is 5.56 Å². The number of hydrogen-bond donors (Lipinski definition) is 0. The van der Waals surface area contributed by atoms with Crippen molar-refractivity contribution in [3.63, 3.8) is 0 Å². The van der Waals surface area contributed by atoms with E-state index in [-0.39, 0.29) is 0 Å². The van der Waals surface area contributed by atoms with Crippen molar-refractivity contribution in [1.82, 2.24) is 0 Å². The molecule has 0 amide bonds. The zero-order valence-electron chi connectivity index (χ0n) is 10.7. The minimum atomic E-state index is 0.819. The molecule has 19 heavy (non-hydrogen) atoms. The van der Waals surface area contributed by atoms with E-state index >= 15 is 0 Å². The lowest BCUT2D eigenvalue weighted by Crippen LogP contribution is -1.84. The highest BCUT2D eigenvalue weighted by atomic mass is 16.5. The van der Waals surface area contributed by atoms with Gasteiger partial charge in [-0.05, 0) is 55.5 Å². The Balaban J connectivity index is 1.77. The summed E-state index contributed by atoms with van der Waals surface area (Å²) in [5.41, 5.74) is 2.27. The Hall–Kier alpha value is -2.48. The average Bonchev–Trinajstić information content (AvgIpc) is 2.96. The minimum Gasteiger partial charge on any atom is -0.464 e. The summed E-state index contributed by atoms with van der Waals surface area (Å²) >= 11 is 0. The first-order valence-corrected chi connectivity index (χ1v) is 6.20. The lowest BCUT2D eigenvalue weighted by Gasteiger charge is -2.06. The molecule has 0 radical (unpaired) electrons.